The Kier molecular flexibility index (Phi) is 6.04. The second-order valence-corrected chi connectivity index (χ2v) is 6.93. The molecule has 2 heterocycles. The predicted octanol–water partition coefficient (Wildman–Crippen LogP) is 0.901. The van der Waals surface area contributed by atoms with Crippen molar-refractivity contribution in [3.8, 4) is 0 Å². The molecule has 1 saturated carbocycles. The van der Waals surface area contributed by atoms with Crippen molar-refractivity contribution in [2.75, 3.05) is 50.0 Å². The lowest BCUT2D eigenvalue weighted by Gasteiger charge is -2.31. The molecule has 3 N–H and O–H groups in total. The highest BCUT2D eigenvalue weighted by Crippen LogP contribution is 2.25. The van der Waals surface area contributed by atoms with Gasteiger partial charge in [0.15, 0.2) is 0 Å². The van der Waals surface area contributed by atoms with E-state index in [0.717, 1.165) is 51.9 Å². The molecule has 0 spiro atoms. The number of aromatic nitrogens is 2. The van der Waals surface area contributed by atoms with Crippen molar-refractivity contribution in [3.63, 3.8) is 0 Å². The van der Waals surface area contributed by atoms with Gasteiger partial charge in [-0.25, -0.2) is 14.8 Å². The molecule has 1 aliphatic carbocycles. The number of aliphatic hydroxyl groups is 1. The van der Waals surface area contributed by atoms with Crippen molar-refractivity contribution in [1.82, 2.24) is 20.2 Å². The Morgan fingerprint density at radius 2 is 2.00 bits per heavy atom. The molecule has 2 unspecified atom stereocenters. The van der Waals surface area contributed by atoms with E-state index in [2.05, 4.69) is 25.5 Å². The van der Waals surface area contributed by atoms with E-state index in [1.54, 1.807) is 24.3 Å². The number of urea groups is 1. The second kappa shape index (κ2) is 8.44. The van der Waals surface area contributed by atoms with E-state index >= 15 is 0 Å². The number of nitrogens with zero attached hydrogens (tertiary/aromatic N) is 4. The zero-order valence-electron chi connectivity index (χ0n) is 14.8. The van der Waals surface area contributed by atoms with Crippen LogP contribution in [0, 0.1) is 5.92 Å². The van der Waals surface area contributed by atoms with E-state index in [4.69, 9.17) is 0 Å². The normalized spacial score (nSPS) is 24.0. The maximum absolute atomic E-state index is 12.3. The molecule has 1 saturated heterocycles. The fourth-order valence-electron chi connectivity index (χ4n) is 3.47. The molecule has 1 aromatic heterocycles. The van der Waals surface area contributed by atoms with E-state index < -0.39 is 0 Å². The van der Waals surface area contributed by atoms with Crippen LogP contribution in [-0.4, -0.2) is 71.9 Å². The minimum atomic E-state index is -0.300. The van der Waals surface area contributed by atoms with Gasteiger partial charge in [0.2, 0.25) is 5.95 Å². The lowest BCUT2D eigenvalue weighted by atomic mass is 9.86. The van der Waals surface area contributed by atoms with Crippen molar-refractivity contribution in [3.05, 3.63) is 12.4 Å². The maximum Gasteiger partial charge on any atom is 0.321 e. The van der Waals surface area contributed by atoms with Crippen LogP contribution in [0.3, 0.4) is 0 Å². The van der Waals surface area contributed by atoms with Crippen molar-refractivity contribution in [2.24, 2.45) is 5.92 Å². The number of carbonyl (C=O) groups is 1. The largest absolute Gasteiger partial charge is 0.393 e. The molecule has 3 rings (SSSR count). The molecule has 0 bridgehead atoms. The number of hydrogen-bond acceptors (Lipinski definition) is 6. The van der Waals surface area contributed by atoms with Gasteiger partial charge in [-0.3, -0.25) is 0 Å². The van der Waals surface area contributed by atoms with Gasteiger partial charge >= 0.3 is 6.03 Å². The molecule has 1 aromatic rings. The smallest absolute Gasteiger partial charge is 0.321 e. The molecular formula is C17H28N6O2. The molecule has 0 radical (unpaired) electrons. The highest BCUT2D eigenvalue weighted by Gasteiger charge is 2.25. The Hall–Kier alpha value is -1.93. The summed E-state index contributed by atoms with van der Waals surface area (Å²) in [6.07, 6.45) is 6.99. The first kappa shape index (κ1) is 17.9. The highest BCUT2D eigenvalue weighted by atomic mass is 16.3. The Morgan fingerprint density at radius 1 is 1.32 bits per heavy atom. The fraction of sp³-hybridized carbons (Fsp3) is 0.706. The molecule has 1 aliphatic heterocycles. The lowest BCUT2D eigenvalue weighted by Crippen LogP contribution is -2.44. The van der Waals surface area contributed by atoms with Gasteiger partial charge in [0, 0.05) is 45.7 Å². The van der Waals surface area contributed by atoms with Gasteiger partial charge in [0.05, 0.1) is 24.2 Å². The number of piperazine rings is 1. The second-order valence-electron chi connectivity index (χ2n) is 6.93. The molecule has 2 amide bonds. The SMILES string of the molecule is CN(CC1CCCCC1O)C(=O)Nc1cnc(N2CCNCC2)nc1. The Balaban J connectivity index is 1.51. The van der Waals surface area contributed by atoms with Gasteiger partial charge in [-0.2, -0.15) is 0 Å². The average Bonchev–Trinajstić information content (AvgIpc) is 2.65. The van der Waals surface area contributed by atoms with Crippen LogP contribution in [0.4, 0.5) is 16.4 Å². The monoisotopic (exact) mass is 348 g/mol. The third kappa shape index (κ3) is 4.79. The van der Waals surface area contributed by atoms with E-state index in [1.165, 1.54) is 0 Å². The summed E-state index contributed by atoms with van der Waals surface area (Å²) in [4.78, 5) is 24.8. The summed E-state index contributed by atoms with van der Waals surface area (Å²) in [5.74, 6) is 0.856. The van der Waals surface area contributed by atoms with Crippen LogP contribution in [0.5, 0.6) is 0 Å². The van der Waals surface area contributed by atoms with Gasteiger partial charge < -0.3 is 25.5 Å². The van der Waals surface area contributed by atoms with Crippen molar-refractivity contribution >= 4 is 17.7 Å². The predicted molar refractivity (Wildman–Crippen MR) is 96.7 cm³/mol. The number of nitrogens with one attached hydrogen (secondary N) is 2. The fourth-order valence-corrected chi connectivity index (χ4v) is 3.47. The maximum atomic E-state index is 12.3. The molecule has 25 heavy (non-hydrogen) atoms. The first-order valence-electron chi connectivity index (χ1n) is 9.11. The van der Waals surface area contributed by atoms with Gasteiger partial charge in [-0.05, 0) is 12.8 Å². The van der Waals surface area contributed by atoms with Crippen LogP contribution >= 0.6 is 0 Å². The van der Waals surface area contributed by atoms with Gasteiger partial charge in [0.25, 0.3) is 0 Å². The molecular weight excluding hydrogens is 320 g/mol. The van der Waals surface area contributed by atoms with Crippen LogP contribution < -0.4 is 15.5 Å². The Labute approximate surface area is 148 Å². The van der Waals surface area contributed by atoms with Crippen molar-refractivity contribution in [2.45, 2.75) is 31.8 Å². The summed E-state index contributed by atoms with van der Waals surface area (Å²) >= 11 is 0. The Morgan fingerprint density at radius 3 is 2.68 bits per heavy atom. The number of aliphatic hydroxyl groups excluding tert-OH is 1. The molecule has 0 aromatic carbocycles. The van der Waals surface area contributed by atoms with Crippen LogP contribution in [0.15, 0.2) is 12.4 Å². The first-order chi connectivity index (χ1) is 12.1. The molecule has 2 aliphatic rings. The number of anilines is 2. The molecule has 2 atom stereocenters. The quantitative estimate of drug-likeness (QED) is 0.749. The van der Waals surface area contributed by atoms with Crippen LogP contribution in [0.2, 0.25) is 0 Å². The third-order valence-corrected chi connectivity index (χ3v) is 5.01. The standard InChI is InChI=1S/C17H28N6O2/c1-22(12-13-4-2-3-5-15(13)24)17(25)21-14-10-19-16(20-11-14)23-8-6-18-7-9-23/h10-11,13,15,18,24H,2-9,12H2,1H3,(H,21,25). The van der Waals surface area contributed by atoms with E-state index in [-0.39, 0.29) is 18.1 Å². The summed E-state index contributed by atoms with van der Waals surface area (Å²) in [6.45, 7) is 4.20. The van der Waals surface area contributed by atoms with Crippen molar-refractivity contribution < 1.29 is 9.90 Å². The van der Waals surface area contributed by atoms with Gasteiger partial charge in [-0.1, -0.05) is 12.8 Å². The minimum absolute atomic E-state index is 0.163. The first-order valence-corrected chi connectivity index (χ1v) is 9.11. The van der Waals surface area contributed by atoms with E-state index in [0.29, 0.717) is 18.2 Å². The summed E-state index contributed by atoms with van der Waals surface area (Å²) in [6, 6.07) is -0.198. The van der Waals surface area contributed by atoms with Gasteiger partial charge in [0.1, 0.15) is 0 Å². The topological polar surface area (TPSA) is 93.6 Å². The van der Waals surface area contributed by atoms with E-state index in [1.807, 2.05) is 0 Å². The zero-order chi connectivity index (χ0) is 17.6. The molecule has 8 nitrogen and oxygen atoms in total. The van der Waals surface area contributed by atoms with Crippen LogP contribution in [0.25, 0.3) is 0 Å². The third-order valence-electron chi connectivity index (χ3n) is 5.01. The summed E-state index contributed by atoms with van der Waals surface area (Å²) in [5, 5.41) is 16.2. The zero-order valence-corrected chi connectivity index (χ0v) is 14.8. The summed E-state index contributed by atoms with van der Waals surface area (Å²) in [7, 11) is 1.76. The number of amides is 2. The highest BCUT2D eigenvalue weighted by molar-refractivity contribution is 5.88. The van der Waals surface area contributed by atoms with E-state index in [9.17, 15) is 9.90 Å². The molecule has 138 valence electrons. The average molecular weight is 348 g/mol. The van der Waals surface area contributed by atoms with Crippen molar-refractivity contribution in [1.29, 1.82) is 0 Å². The van der Waals surface area contributed by atoms with Gasteiger partial charge in [-0.15, -0.1) is 0 Å². The minimum Gasteiger partial charge on any atom is -0.393 e. The number of hydrogen-bond donors (Lipinski definition) is 3. The summed E-state index contributed by atoms with van der Waals surface area (Å²) in [5.41, 5.74) is 0.583. The van der Waals surface area contributed by atoms with Crippen LogP contribution in [0.1, 0.15) is 25.7 Å². The summed E-state index contributed by atoms with van der Waals surface area (Å²) < 4.78 is 0. The Bertz CT molecular complexity index is 561. The lowest BCUT2D eigenvalue weighted by molar-refractivity contribution is 0.0575. The molecule has 8 heteroatoms. The number of carbonyl (C=O) groups excluding carboxylic acids is 1. The molecule has 2 fully saturated rings. The number of rotatable bonds is 4. The van der Waals surface area contributed by atoms with Crippen LogP contribution in [-0.2, 0) is 0 Å².